The second kappa shape index (κ2) is 10.7. The van der Waals surface area contributed by atoms with Crippen LogP contribution in [0.4, 0.5) is 10.1 Å². The van der Waals surface area contributed by atoms with Gasteiger partial charge in [-0.25, -0.2) is 9.37 Å². The minimum absolute atomic E-state index is 0.106. The summed E-state index contributed by atoms with van der Waals surface area (Å²) in [6.45, 7) is 3.52. The van der Waals surface area contributed by atoms with Crippen LogP contribution in [0.5, 0.6) is 5.75 Å². The molecule has 1 aromatic heterocycles. The van der Waals surface area contributed by atoms with Gasteiger partial charge in [-0.05, 0) is 30.3 Å². The molecule has 0 aliphatic carbocycles. The summed E-state index contributed by atoms with van der Waals surface area (Å²) < 4.78 is 22.1. The van der Waals surface area contributed by atoms with E-state index >= 15 is 0 Å². The second-order valence-corrected chi connectivity index (χ2v) is 9.96. The third-order valence-electron chi connectivity index (χ3n) is 5.25. The van der Waals surface area contributed by atoms with Crippen molar-refractivity contribution < 1.29 is 14.1 Å². The van der Waals surface area contributed by atoms with Crippen molar-refractivity contribution in [2.24, 2.45) is 5.10 Å². The van der Waals surface area contributed by atoms with Gasteiger partial charge >= 0.3 is 5.69 Å². The first-order valence-corrected chi connectivity index (χ1v) is 12.3. The molecular formula is C25H19Br2FN4O4. The van der Waals surface area contributed by atoms with Crippen LogP contribution in [-0.2, 0) is 6.61 Å². The second-order valence-electron chi connectivity index (χ2n) is 8.13. The molecule has 0 radical (unpaired) electrons. The lowest BCUT2D eigenvalue weighted by atomic mass is 10.1. The number of nitro benzene ring substituents is 1. The van der Waals surface area contributed by atoms with E-state index in [1.54, 1.807) is 36.4 Å². The predicted molar refractivity (Wildman–Crippen MR) is 142 cm³/mol. The van der Waals surface area contributed by atoms with Gasteiger partial charge in [0, 0.05) is 32.1 Å². The van der Waals surface area contributed by atoms with Crippen molar-refractivity contribution in [1.29, 1.82) is 0 Å². The lowest BCUT2D eigenvalue weighted by Gasteiger charge is -2.13. The largest absolute Gasteiger partial charge is 0.481 e. The molecule has 0 aliphatic rings. The van der Waals surface area contributed by atoms with Gasteiger partial charge < -0.3 is 4.74 Å². The van der Waals surface area contributed by atoms with E-state index < -0.39 is 10.7 Å². The summed E-state index contributed by atoms with van der Waals surface area (Å²) in [6.07, 6.45) is 1.30. The van der Waals surface area contributed by atoms with Crippen LogP contribution >= 0.6 is 31.9 Å². The van der Waals surface area contributed by atoms with E-state index in [0.29, 0.717) is 25.7 Å². The Morgan fingerprint density at radius 1 is 1.17 bits per heavy atom. The number of nitro groups is 1. The Labute approximate surface area is 221 Å². The Morgan fingerprint density at radius 2 is 1.92 bits per heavy atom. The van der Waals surface area contributed by atoms with E-state index in [2.05, 4.69) is 41.9 Å². The molecule has 184 valence electrons. The molecule has 36 heavy (non-hydrogen) atoms. The van der Waals surface area contributed by atoms with E-state index in [-0.39, 0.29) is 40.6 Å². The molecule has 4 aromatic rings. The van der Waals surface area contributed by atoms with Crippen molar-refractivity contribution in [3.8, 4) is 5.75 Å². The van der Waals surface area contributed by atoms with E-state index in [4.69, 9.17) is 4.74 Å². The van der Waals surface area contributed by atoms with Crippen LogP contribution in [-0.4, -0.2) is 20.8 Å². The number of hydrogen-bond donors (Lipinski definition) is 0. The smallest absolute Gasteiger partial charge is 0.312 e. The highest BCUT2D eigenvalue weighted by Crippen LogP contribution is 2.34. The van der Waals surface area contributed by atoms with Gasteiger partial charge in [0.2, 0.25) is 5.75 Å². The molecule has 0 amide bonds. The number of halogens is 3. The van der Waals surface area contributed by atoms with Crippen molar-refractivity contribution >= 4 is 54.7 Å². The summed E-state index contributed by atoms with van der Waals surface area (Å²) in [7, 11) is 0. The van der Waals surface area contributed by atoms with Gasteiger partial charge in [-0.1, -0.05) is 63.9 Å². The van der Waals surface area contributed by atoms with Crippen molar-refractivity contribution in [1.82, 2.24) is 9.66 Å². The van der Waals surface area contributed by atoms with Gasteiger partial charge in [0.05, 0.1) is 22.0 Å². The highest BCUT2D eigenvalue weighted by Gasteiger charge is 2.21. The van der Waals surface area contributed by atoms with Crippen LogP contribution in [0.3, 0.4) is 0 Å². The molecular weight excluding hydrogens is 599 g/mol. The topological polar surface area (TPSA) is 99.6 Å². The molecule has 0 saturated heterocycles. The lowest BCUT2D eigenvalue weighted by Crippen LogP contribution is -2.23. The number of fused-ring (bicyclic) bond motifs is 1. The molecule has 0 fully saturated rings. The van der Waals surface area contributed by atoms with E-state index in [1.165, 1.54) is 29.1 Å². The fourth-order valence-corrected chi connectivity index (χ4v) is 4.35. The Balaban J connectivity index is 1.84. The fraction of sp³-hybridized carbons (Fsp3) is 0.160. The van der Waals surface area contributed by atoms with Gasteiger partial charge in [-0.15, -0.1) is 0 Å². The first-order valence-electron chi connectivity index (χ1n) is 10.8. The maximum Gasteiger partial charge on any atom is 0.312 e. The monoisotopic (exact) mass is 616 g/mol. The van der Waals surface area contributed by atoms with Crippen LogP contribution in [0.25, 0.3) is 10.9 Å². The lowest BCUT2D eigenvalue weighted by molar-refractivity contribution is -0.386. The number of hydrogen-bond acceptors (Lipinski definition) is 6. The first kappa shape index (κ1) is 25.6. The van der Waals surface area contributed by atoms with Gasteiger partial charge in [0.1, 0.15) is 18.2 Å². The maximum absolute atomic E-state index is 14.1. The summed E-state index contributed by atoms with van der Waals surface area (Å²) in [6, 6.07) is 14.0. The molecule has 8 nitrogen and oxygen atoms in total. The van der Waals surface area contributed by atoms with E-state index in [1.807, 2.05) is 13.8 Å². The van der Waals surface area contributed by atoms with E-state index in [0.717, 1.165) is 0 Å². The number of benzene rings is 3. The van der Waals surface area contributed by atoms with Crippen LogP contribution in [0.1, 0.15) is 36.7 Å². The zero-order valence-electron chi connectivity index (χ0n) is 19.1. The summed E-state index contributed by atoms with van der Waals surface area (Å²) in [5.41, 5.74) is 0.271. The van der Waals surface area contributed by atoms with Crippen molar-refractivity contribution in [3.63, 3.8) is 0 Å². The number of aromatic nitrogens is 2. The van der Waals surface area contributed by atoms with Crippen molar-refractivity contribution in [3.05, 3.63) is 107 Å². The molecule has 0 atom stereocenters. The van der Waals surface area contributed by atoms with Gasteiger partial charge in [-0.3, -0.25) is 14.9 Å². The van der Waals surface area contributed by atoms with Gasteiger partial charge in [0.25, 0.3) is 5.56 Å². The summed E-state index contributed by atoms with van der Waals surface area (Å²) in [4.78, 5) is 29.1. The van der Waals surface area contributed by atoms with Crippen LogP contribution in [0.2, 0.25) is 0 Å². The fourth-order valence-electron chi connectivity index (χ4n) is 3.53. The molecule has 0 bridgehead atoms. The van der Waals surface area contributed by atoms with Gasteiger partial charge in [0.15, 0.2) is 0 Å². The minimum atomic E-state index is -0.598. The number of nitrogens with zero attached hydrogens (tertiary/aromatic N) is 4. The molecule has 11 heteroatoms. The normalized spacial score (nSPS) is 11.5. The van der Waals surface area contributed by atoms with E-state index in [9.17, 15) is 19.3 Å². The number of rotatable bonds is 7. The predicted octanol–water partition coefficient (Wildman–Crippen LogP) is 6.55. The third kappa shape index (κ3) is 5.36. The standard InChI is InChI=1S/C25H19Br2FN4O4/c1-14(2)24-30-21-8-7-17(26)10-19(21)25(33)31(24)29-12-16-9-18(27)11-22(32(34)35)23(16)36-13-15-5-3-4-6-20(15)28/h3-12,14H,13H2,1-2H3. The van der Waals surface area contributed by atoms with Gasteiger partial charge in [-0.2, -0.15) is 9.78 Å². The summed E-state index contributed by atoms with van der Waals surface area (Å²) in [5.74, 6) is -0.319. The Morgan fingerprint density at radius 3 is 2.61 bits per heavy atom. The molecule has 4 rings (SSSR count). The Bertz CT molecular complexity index is 1570. The maximum atomic E-state index is 14.1. The van der Waals surface area contributed by atoms with Crippen LogP contribution < -0.4 is 10.3 Å². The molecule has 0 unspecified atom stereocenters. The average Bonchev–Trinajstić information content (AvgIpc) is 2.83. The zero-order valence-corrected chi connectivity index (χ0v) is 22.3. The third-order valence-corrected chi connectivity index (χ3v) is 6.20. The Kier molecular flexibility index (Phi) is 7.60. The van der Waals surface area contributed by atoms with Crippen molar-refractivity contribution in [2.45, 2.75) is 26.4 Å². The quantitative estimate of drug-likeness (QED) is 0.133. The minimum Gasteiger partial charge on any atom is -0.481 e. The summed E-state index contributed by atoms with van der Waals surface area (Å²) >= 11 is 6.64. The molecule has 1 heterocycles. The average molecular weight is 618 g/mol. The highest BCUT2D eigenvalue weighted by molar-refractivity contribution is 9.10. The zero-order chi connectivity index (χ0) is 26.0. The summed E-state index contributed by atoms with van der Waals surface area (Å²) in [5, 5.41) is 16.5. The SMILES string of the molecule is CC(C)c1nc2ccc(Br)cc2c(=O)n1N=Cc1cc(Br)cc([N+](=O)[O-])c1OCc1ccccc1F. The van der Waals surface area contributed by atoms with Crippen molar-refractivity contribution in [2.75, 3.05) is 0 Å². The Hall–Kier alpha value is -3.44. The first-order chi connectivity index (χ1) is 17.2. The molecule has 0 saturated carbocycles. The highest BCUT2D eigenvalue weighted by atomic mass is 79.9. The molecule has 0 N–H and O–H groups in total. The molecule has 3 aromatic carbocycles. The number of ether oxygens (including phenoxy) is 1. The molecule has 0 spiro atoms. The van der Waals surface area contributed by atoms with Crippen LogP contribution in [0.15, 0.2) is 73.4 Å². The molecule has 0 aliphatic heterocycles. The van der Waals surface area contributed by atoms with Crippen LogP contribution in [0, 0.1) is 15.9 Å².